The van der Waals surface area contributed by atoms with Crippen LogP contribution in [-0.4, -0.2) is 17.1 Å². The van der Waals surface area contributed by atoms with Crippen molar-refractivity contribution in [3.05, 3.63) is 71.5 Å². The van der Waals surface area contributed by atoms with Crippen molar-refractivity contribution in [2.75, 3.05) is 17.7 Å². The zero-order valence-electron chi connectivity index (χ0n) is 14.7. The maximum atomic E-state index is 8.87. The zero-order chi connectivity index (χ0) is 18.4. The Labute approximate surface area is 152 Å². The predicted molar refractivity (Wildman–Crippen MR) is 102 cm³/mol. The van der Waals surface area contributed by atoms with E-state index in [9.17, 15) is 0 Å². The van der Waals surface area contributed by atoms with Crippen molar-refractivity contribution in [3.63, 3.8) is 0 Å². The minimum Gasteiger partial charge on any atom is -0.497 e. The van der Waals surface area contributed by atoms with Crippen molar-refractivity contribution in [2.45, 2.75) is 13.5 Å². The molecule has 0 atom stereocenters. The molecule has 6 heteroatoms. The number of anilines is 3. The van der Waals surface area contributed by atoms with Crippen molar-refractivity contribution in [2.24, 2.45) is 0 Å². The molecule has 2 N–H and O–H groups in total. The molecule has 0 aliphatic rings. The van der Waals surface area contributed by atoms with Crippen LogP contribution in [0.2, 0.25) is 0 Å². The van der Waals surface area contributed by atoms with Crippen molar-refractivity contribution in [1.29, 1.82) is 5.26 Å². The molecule has 0 bridgehead atoms. The first-order valence-corrected chi connectivity index (χ1v) is 8.16. The van der Waals surface area contributed by atoms with E-state index in [0.717, 1.165) is 22.8 Å². The standard InChI is InChI=1S/C20H19N5O/c1-14-23-19(22-13-16-5-9-18(26-2)10-6-16)11-20(24-14)25-17-7-3-15(12-21)4-8-17/h3-11H,13H2,1-2H3,(H2,22,23,24,25). The van der Waals surface area contributed by atoms with Gasteiger partial charge in [-0.3, -0.25) is 0 Å². The van der Waals surface area contributed by atoms with Crippen LogP contribution in [0.5, 0.6) is 5.75 Å². The fourth-order valence-corrected chi connectivity index (χ4v) is 2.43. The lowest BCUT2D eigenvalue weighted by Crippen LogP contribution is -2.05. The topological polar surface area (TPSA) is 82.9 Å². The Balaban J connectivity index is 1.69. The van der Waals surface area contributed by atoms with Crippen LogP contribution >= 0.6 is 0 Å². The summed E-state index contributed by atoms with van der Waals surface area (Å²) in [6.07, 6.45) is 0. The van der Waals surface area contributed by atoms with E-state index in [1.165, 1.54) is 0 Å². The Bertz CT molecular complexity index is 914. The normalized spacial score (nSPS) is 10.0. The summed E-state index contributed by atoms with van der Waals surface area (Å²) in [4.78, 5) is 8.83. The molecule has 26 heavy (non-hydrogen) atoms. The van der Waals surface area contributed by atoms with Gasteiger partial charge in [-0.05, 0) is 48.9 Å². The van der Waals surface area contributed by atoms with Crippen molar-refractivity contribution >= 4 is 17.3 Å². The van der Waals surface area contributed by atoms with Gasteiger partial charge in [-0.25, -0.2) is 9.97 Å². The molecule has 1 aromatic heterocycles. The molecular weight excluding hydrogens is 326 g/mol. The van der Waals surface area contributed by atoms with Gasteiger partial charge in [0.15, 0.2) is 0 Å². The van der Waals surface area contributed by atoms with E-state index in [2.05, 4.69) is 26.7 Å². The highest BCUT2D eigenvalue weighted by Gasteiger charge is 2.03. The molecule has 0 fully saturated rings. The summed E-state index contributed by atoms with van der Waals surface area (Å²) in [5.74, 6) is 2.94. The molecule has 3 aromatic rings. The predicted octanol–water partition coefficient (Wildman–Crippen LogP) is 4.02. The minimum absolute atomic E-state index is 0.622. The highest BCUT2D eigenvalue weighted by atomic mass is 16.5. The van der Waals surface area contributed by atoms with Crippen molar-refractivity contribution in [1.82, 2.24) is 9.97 Å². The van der Waals surface area contributed by atoms with Gasteiger partial charge in [0.1, 0.15) is 23.2 Å². The minimum atomic E-state index is 0.622. The van der Waals surface area contributed by atoms with Crippen molar-refractivity contribution < 1.29 is 4.74 Å². The van der Waals surface area contributed by atoms with Crippen LogP contribution in [0.1, 0.15) is 17.0 Å². The number of hydrogen-bond donors (Lipinski definition) is 2. The molecular formula is C20H19N5O. The first kappa shape index (κ1) is 17.2. The largest absolute Gasteiger partial charge is 0.497 e. The Morgan fingerprint density at radius 2 is 1.69 bits per heavy atom. The maximum absolute atomic E-state index is 8.87. The molecule has 0 spiro atoms. The smallest absolute Gasteiger partial charge is 0.136 e. The van der Waals surface area contributed by atoms with Crippen LogP contribution in [0, 0.1) is 18.3 Å². The second-order valence-corrected chi connectivity index (χ2v) is 5.70. The van der Waals surface area contributed by atoms with E-state index in [0.29, 0.717) is 23.8 Å². The molecule has 0 saturated carbocycles. The third-order valence-corrected chi connectivity index (χ3v) is 3.76. The number of aromatic nitrogens is 2. The summed E-state index contributed by atoms with van der Waals surface area (Å²) >= 11 is 0. The van der Waals surface area contributed by atoms with Gasteiger partial charge in [-0.2, -0.15) is 5.26 Å². The summed E-state index contributed by atoms with van der Waals surface area (Å²) in [5.41, 5.74) is 2.61. The summed E-state index contributed by atoms with van der Waals surface area (Å²) in [5, 5.41) is 15.4. The zero-order valence-corrected chi connectivity index (χ0v) is 14.7. The SMILES string of the molecule is COc1ccc(CNc2cc(Nc3ccc(C#N)cc3)nc(C)n2)cc1. The van der Waals surface area contributed by atoms with Crippen LogP contribution < -0.4 is 15.4 Å². The third kappa shape index (κ3) is 4.48. The lowest BCUT2D eigenvalue weighted by Gasteiger charge is -2.11. The van der Waals surface area contributed by atoms with Crippen LogP contribution in [0.4, 0.5) is 17.3 Å². The summed E-state index contributed by atoms with van der Waals surface area (Å²) in [6, 6.07) is 19.1. The van der Waals surface area contributed by atoms with Gasteiger partial charge in [-0.1, -0.05) is 12.1 Å². The Morgan fingerprint density at radius 1 is 1.00 bits per heavy atom. The molecule has 6 nitrogen and oxygen atoms in total. The quantitative estimate of drug-likeness (QED) is 0.702. The van der Waals surface area contributed by atoms with Gasteiger partial charge >= 0.3 is 0 Å². The van der Waals surface area contributed by atoms with E-state index in [-0.39, 0.29) is 0 Å². The Morgan fingerprint density at radius 3 is 2.35 bits per heavy atom. The summed E-state index contributed by atoms with van der Waals surface area (Å²) in [6.45, 7) is 2.50. The number of aryl methyl sites for hydroxylation is 1. The van der Waals surface area contributed by atoms with E-state index in [1.807, 2.05) is 49.4 Å². The second-order valence-electron chi connectivity index (χ2n) is 5.70. The molecule has 2 aromatic carbocycles. The maximum Gasteiger partial charge on any atom is 0.136 e. The third-order valence-electron chi connectivity index (χ3n) is 3.76. The van der Waals surface area contributed by atoms with Crippen molar-refractivity contribution in [3.8, 4) is 11.8 Å². The highest BCUT2D eigenvalue weighted by Crippen LogP contribution is 2.19. The summed E-state index contributed by atoms with van der Waals surface area (Å²) < 4.78 is 5.17. The number of rotatable bonds is 6. The molecule has 3 rings (SSSR count). The van der Waals surface area contributed by atoms with Gasteiger partial charge in [0.25, 0.3) is 0 Å². The van der Waals surface area contributed by atoms with Crippen LogP contribution in [0.3, 0.4) is 0 Å². The van der Waals surface area contributed by atoms with Gasteiger partial charge in [0, 0.05) is 18.3 Å². The van der Waals surface area contributed by atoms with E-state index < -0.39 is 0 Å². The number of benzene rings is 2. The molecule has 0 amide bonds. The van der Waals surface area contributed by atoms with E-state index >= 15 is 0 Å². The molecule has 130 valence electrons. The lowest BCUT2D eigenvalue weighted by atomic mass is 10.2. The highest BCUT2D eigenvalue weighted by molar-refractivity contribution is 5.60. The number of methoxy groups -OCH3 is 1. The summed E-state index contributed by atoms with van der Waals surface area (Å²) in [7, 11) is 1.65. The molecule has 0 radical (unpaired) electrons. The van der Waals surface area contributed by atoms with Crippen LogP contribution in [0.15, 0.2) is 54.6 Å². The van der Waals surface area contributed by atoms with Crippen LogP contribution in [0.25, 0.3) is 0 Å². The van der Waals surface area contributed by atoms with Crippen LogP contribution in [-0.2, 0) is 6.54 Å². The second kappa shape index (κ2) is 7.99. The Kier molecular flexibility index (Phi) is 5.30. The van der Waals surface area contributed by atoms with Gasteiger partial charge in [0.2, 0.25) is 0 Å². The van der Waals surface area contributed by atoms with E-state index in [4.69, 9.17) is 10.00 Å². The first-order chi connectivity index (χ1) is 12.7. The average Bonchev–Trinajstić information content (AvgIpc) is 2.67. The molecule has 1 heterocycles. The fraction of sp³-hybridized carbons (Fsp3) is 0.150. The van der Waals surface area contributed by atoms with Gasteiger partial charge in [0.05, 0.1) is 18.7 Å². The number of nitrogens with one attached hydrogen (secondary N) is 2. The number of nitrogens with zero attached hydrogens (tertiary/aromatic N) is 3. The number of hydrogen-bond acceptors (Lipinski definition) is 6. The molecule has 0 saturated heterocycles. The number of nitriles is 1. The molecule has 0 aliphatic heterocycles. The van der Waals surface area contributed by atoms with Gasteiger partial charge < -0.3 is 15.4 Å². The average molecular weight is 345 g/mol. The van der Waals surface area contributed by atoms with Gasteiger partial charge in [-0.15, -0.1) is 0 Å². The lowest BCUT2D eigenvalue weighted by molar-refractivity contribution is 0.414. The number of ether oxygens (including phenoxy) is 1. The molecule has 0 aliphatic carbocycles. The Hall–Kier alpha value is -3.59. The monoisotopic (exact) mass is 345 g/mol. The molecule has 0 unspecified atom stereocenters. The first-order valence-electron chi connectivity index (χ1n) is 8.16. The fourth-order valence-electron chi connectivity index (χ4n) is 2.43. The van der Waals surface area contributed by atoms with E-state index in [1.54, 1.807) is 19.2 Å².